The summed E-state index contributed by atoms with van der Waals surface area (Å²) >= 11 is 0. The van der Waals surface area contributed by atoms with Crippen LogP contribution in [0.2, 0.25) is 0 Å². The summed E-state index contributed by atoms with van der Waals surface area (Å²) in [4.78, 5) is 23.9. The largest absolute Gasteiger partial charge is 0.481 e. The molecule has 1 aliphatic rings. The van der Waals surface area contributed by atoms with Crippen molar-refractivity contribution < 1.29 is 19.4 Å². The average Bonchev–Trinajstić information content (AvgIpc) is 2.36. The van der Waals surface area contributed by atoms with Gasteiger partial charge in [0, 0.05) is 26.7 Å². The number of hydrogen-bond acceptors (Lipinski definition) is 3. The predicted octanol–water partition coefficient (Wildman–Crippen LogP) is 0.918. The van der Waals surface area contributed by atoms with Gasteiger partial charge in [0.05, 0.1) is 12.0 Å². The van der Waals surface area contributed by atoms with E-state index in [0.29, 0.717) is 6.54 Å². The number of amides is 2. The highest BCUT2D eigenvalue weighted by molar-refractivity contribution is 5.75. The topological polar surface area (TPSA) is 78.9 Å². The lowest BCUT2D eigenvalue weighted by molar-refractivity contribution is -0.140. The standard InChI is InChI=1S/C12H22N2O4/c1-9(11(15)16)7-13-12(17)14(2)8-10-5-3-4-6-18-10/h9-10H,3-8H2,1-2H3,(H,13,17)(H,15,16). The maximum atomic E-state index is 11.7. The van der Waals surface area contributed by atoms with Gasteiger partial charge in [0.1, 0.15) is 0 Å². The number of hydrogen-bond donors (Lipinski definition) is 2. The first-order chi connectivity index (χ1) is 8.50. The van der Waals surface area contributed by atoms with E-state index in [0.717, 1.165) is 25.9 Å². The van der Waals surface area contributed by atoms with Gasteiger partial charge in [-0.2, -0.15) is 0 Å². The first kappa shape index (κ1) is 14.8. The third-order valence-electron chi connectivity index (χ3n) is 3.08. The van der Waals surface area contributed by atoms with Gasteiger partial charge in [0.2, 0.25) is 0 Å². The Kier molecular flexibility index (Phi) is 5.91. The summed E-state index contributed by atoms with van der Waals surface area (Å²) in [5.41, 5.74) is 0. The molecule has 1 rings (SSSR count). The SMILES string of the molecule is CC(CNC(=O)N(C)CC1CCCCO1)C(=O)O. The van der Waals surface area contributed by atoms with Crippen LogP contribution in [0.4, 0.5) is 4.79 Å². The Labute approximate surface area is 107 Å². The zero-order valence-electron chi connectivity index (χ0n) is 11.0. The number of urea groups is 1. The van der Waals surface area contributed by atoms with Gasteiger partial charge in [-0.25, -0.2) is 4.79 Å². The molecule has 1 aliphatic heterocycles. The van der Waals surface area contributed by atoms with Crippen molar-refractivity contribution in [3.05, 3.63) is 0 Å². The summed E-state index contributed by atoms with van der Waals surface area (Å²) in [5, 5.41) is 11.3. The van der Waals surface area contributed by atoms with E-state index in [1.54, 1.807) is 18.9 Å². The smallest absolute Gasteiger partial charge is 0.317 e. The van der Waals surface area contributed by atoms with Crippen molar-refractivity contribution in [1.82, 2.24) is 10.2 Å². The van der Waals surface area contributed by atoms with Gasteiger partial charge < -0.3 is 20.1 Å². The van der Waals surface area contributed by atoms with Gasteiger partial charge in [0.15, 0.2) is 0 Å². The monoisotopic (exact) mass is 258 g/mol. The lowest BCUT2D eigenvalue weighted by atomic mass is 10.1. The van der Waals surface area contributed by atoms with Crippen molar-refractivity contribution in [2.45, 2.75) is 32.3 Å². The minimum absolute atomic E-state index is 0.103. The zero-order chi connectivity index (χ0) is 13.5. The number of rotatable bonds is 5. The molecule has 1 saturated heterocycles. The molecule has 6 heteroatoms. The number of carboxylic acid groups (broad SMARTS) is 1. The fraction of sp³-hybridized carbons (Fsp3) is 0.833. The molecule has 18 heavy (non-hydrogen) atoms. The van der Waals surface area contributed by atoms with Crippen molar-refractivity contribution in [3.63, 3.8) is 0 Å². The fourth-order valence-corrected chi connectivity index (χ4v) is 1.80. The summed E-state index contributed by atoms with van der Waals surface area (Å²) in [7, 11) is 1.69. The number of aliphatic carboxylic acids is 1. The molecule has 6 nitrogen and oxygen atoms in total. The van der Waals surface area contributed by atoms with Crippen molar-refractivity contribution in [2.24, 2.45) is 5.92 Å². The number of carboxylic acids is 1. The molecule has 2 amide bonds. The van der Waals surface area contributed by atoms with Crippen LogP contribution in [0.15, 0.2) is 0 Å². The molecular weight excluding hydrogens is 236 g/mol. The van der Waals surface area contributed by atoms with Gasteiger partial charge >= 0.3 is 12.0 Å². The minimum Gasteiger partial charge on any atom is -0.481 e. The fourth-order valence-electron chi connectivity index (χ4n) is 1.80. The highest BCUT2D eigenvalue weighted by Gasteiger charge is 2.19. The Morgan fingerprint density at radius 1 is 1.50 bits per heavy atom. The van der Waals surface area contributed by atoms with E-state index in [1.807, 2.05) is 0 Å². The van der Waals surface area contributed by atoms with Crippen LogP contribution in [0.1, 0.15) is 26.2 Å². The molecule has 104 valence electrons. The normalized spacial score (nSPS) is 21.1. The van der Waals surface area contributed by atoms with Crippen LogP contribution in [-0.2, 0) is 9.53 Å². The Bertz CT molecular complexity index is 290. The first-order valence-corrected chi connectivity index (χ1v) is 6.34. The molecule has 0 spiro atoms. The maximum Gasteiger partial charge on any atom is 0.317 e. The molecule has 0 radical (unpaired) electrons. The highest BCUT2D eigenvalue weighted by Crippen LogP contribution is 2.13. The molecule has 0 aromatic carbocycles. The van der Waals surface area contributed by atoms with E-state index in [2.05, 4.69) is 5.32 Å². The molecule has 0 aliphatic carbocycles. The maximum absolute atomic E-state index is 11.7. The second-order valence-corrected chi connectivity index (χ2v) is 4.79. The van der Waals surface area contributed by atoms with Crippen molar-refractivity contribution in [1.29, 1.82) is 0 Å². The number of ether oxygens (including phenoxy) is 1. The van der Waals surface area contributed by atoms with Crippen molar-refractivity contribution >= 4 is 12.0 Å². The van der Waals surface area contributed by atoms with Crippen molar-refractivity contribution in [2.75, 3.05) is 26.7 Å². The van der Waals surface area contributed by atoms with Gasteiger partial charge in [-0.1, -0.05) is 6.92 Å². The van der Waals surface area contributed by atoms with E-state index >= 15 is 0 Å². The number of carbonyl (C=O) groups excluding carboxylic acids is 1. The molecule has 0 bridgehead atoms. The Hall–Kier alpha value is -1.30. The third-order valence-corrected chi connectivity index (χ3v) is 3.08. The molecule has 0 saturated carbocycles. The quantitative estimate of drug-likeness (QED) is 0.768. The zero-order valence-corrected chi connectivity index (χ0v) is 11.0. The molecule has 1 fully saturated rings. The molecule has 0 aromatic heterocycles. The lowest BCUT2D eigenvalue weighted by Gasteiger charge is -2.27. The molecule has 2 N–H and O–H groups in total. The lowest BCUT2D eigenvalue weighted by Crippen LogP contribution is -2.44. The van der Waals surface area contributed by atoms with E-state index in [9.17, 15) is 9.59 Å². The molecule has 2 atom stereocenters. The number of nitrogens with zero attached hydrogens (tertiary/aromatic N) is 1. The Morgan fingerprint density at radius 2 is 2.22 bits per heavy atom. The Balaban J connectivity index is 2.25. The molecule has 1 heterocycles. The third kappa shape index (κ3) is 4.91. The van der Waals surface area contributed by atoms with E-state index in [4.69, 9.17) is 9.84 Å². The molecular formula is C12H22N2O4. The van der Waals surface area contributed by atoms with Crippen LogP contribution in [-0.4, -0.2) is 54.9 Å². The van der Waals surface area contributed by atoms with Gasteiger partial charge in [-0.15, -0.1) is 0 Å². The van der Waals surface area contributed by atoms with Crippen LogP contribution in [0.25, 0.3) is 0 Å². The first-order valence-electron chi connectivity index (χ1n) is 6.34. The number of nitrogens with one attached hydrogen (secondary N) is 1. The predicted molar refractivity (Wildman–Crippen MR) is 66.4 cm³/mol. The van der Waals surface area contributed by atoms with Gasteiger partial charge in [-0.05, 0) is 19.3 Å². The number of likely N-dealkylation sites (N-methyl/N-ethyl adjacent to an activating group) is 1. The van der Waals surface area contributed by atoms with Gasteiger partial charge in [0.25, 0.3) is 0 Å². The molecule has 2 unspecified atom stereocenters. The summed E-state index contributed by atoms with van der Waals surface area (Å²) in [6.07, 6.45) is 3.30. The van der Waals surface area contributed by atoms with E-state index < -0.39 is 11.9 Å². The van der Waals surface area contributed by atoms with Crippen LogP contribution < -0.4 is 5.32 Å². The highest BCUT2D eigenvalue weighted by atomic mass is 16.5. The van der Waals surface area contributed by atoms with Crippen LogP contribution in [0.3, 0.4) is 0 Å². The summed E-state index contributed by atoms with van der Waals surface area (Å²) in [6.45, 7) is 3.01. The summed E-state index contributed by atoms with van der Waals surface area (Å²) < 4.78 is 5.55. The number of carbonyl (C=O) groups is 2. The van der Waals surface area contributed by atoms with Crippen LogP contribution >= 0.6 is 0 Å². The average molecular weight is 258 g/mol. The minimum atomic E-state index is -0.909. The van der Waals surface area contributed by atoms with Crippen LogP contribution in [0.5, 0.6) is 0 Å². The summed E-state index contributed by atoms with van der Waals surface area (Å²) in [6, 6.07) is -0.253. The van der Waals surface area contributed by atoms with Crippen LogP contribution in [0, 0.1) is 5.92 Å². The second kappa shape index (κ2) is 7.20. The summed E-state index contributed by atoms with van der Waals surface area (Å²) in [5.74, 6) is -1.48. The van der Waals surface area contributed by atoms with E-state index in [-0.39, 0.29) is 18.7 Å². The second-order valence-electron chi connectivity index (χ2n) is 4.79. The Morgan fingerprint density at radius 3 is 2.78 bits per heavy atom. The van der Waals surface area contributed by atoms with E-state index in [1.165, 1.54) is 0 Å². The molecule has 0 aromatic rings. The van der Waals surface area contributed by atoms with Crippen molar-refractivity contribution in [3.8, 4) is 0 Å². The van der Waals surface area contributed by atoms with Gasteiger partial charge in [-0.3, -0.25) is 4.79 Å².